The van der Waals surface area contributed by atoms with Gasteiger partial charge in [0.05, 0.1) is 23.1 Å². The van der Waals surface area contributed by atoms with Crippen molar-refractivity contribution in [2.45, 2.75) is 13.5 Å². The van der Waals surface area contributed by atoms with Crippen LogP contribution in [0.5, 0.6) is 0 Å². The minimum atomic E-state index is -0.907. The second kappa shape index (κ2) is 6.24. The van der Waals surface area contributed by atoms with Gasteiger partial charge >= 0.3 is 5.97 Å². The third-order valence-electron chi connectivity index (χ3n) is 2.95. The van der Waals surface area contributed by atoms with Gasteiger partial charge in [0.2, 0.25) is 0 Å². The standard InChI is InChI=1S/C13H15N3O2.ClH/c1-9-12(8-15-16(9)2)14-7-10-5-3-4-6-11(10)13(17)18;/h3-6,8,14H,7H2,1-2H3,(H,17,18);1H. The highest BCUT2D eigenvalue weighted by molar-refractivity contribution is 5.89. The Kier molecular flexibility index (Phi) is 4.94. The van der Waals surface area contributed by atoms with Crippen LogP contribution in [-0.2, 0) is 13.6 Å². The monoisotopic (exact) mass is 281 g/mol. The molecule has 2 N–H and O–H groups in total. The van der Waals surface area contributed by atoms with Gasteiger partial charge < -0.3 is 10.4 Å². The summed E-state index contributed by atoms with van der Waals surface area (Å²) in [5.41, 5.74) is 3.01. The number of hydrogen-bond acceptors (Lipinski definition) is 3. The van der Waals surface area contributed by atoms with Crippen LogP contribution < -0.4 is 5.32 Å². The summed E-state index contributed by atoms with van der Waals surface area (Å²) in [6, 6.07) is 6.97. The number of aromatic carboxylic acids is 1. The first-order chi connectivity index (χ1) is 8.59. The zero-order valence-corrected chi connectivity index (χ0v) is 11.6. The van der Waals surface area contributed by atoms with Crippen LogP contribution in [0.25, 0.3) is 0 Å². The SMILES string of the molecule is Cc1c(NCc2ccccc2C(=O)O)cnn1C.Cl. The number of carboxylic acids is 1. The van der Waals surface area contributed by atoms with Crippen molar-refractivity contribution in [3.8, 4) is 0 Å². The maximum absolute atomic E-state index is 11.1. The topological polar surface area (TPSA) is 67.2 Å². The Morgan fingerprint density at radius 1 is 1.42 bits per heavy atom. The number of halogens is 1. The van der Waals surface area contributed by atoms with E-state index in [4.69, 9.17) is 5.11 Å². The first kappa shape index (κ1) is 15.0. The highest BCUT2D eigenvalue weighted by atomic mass is 35.5. The zero-order chi connectivity index (χ0) is 13.1. The smallest absolute Gasteiger partial charge is 0.336 e. The summed E-state index contributed by atoms with van der Waals surface area (Å²) >= 11 is 0. The second-order valence-corrected chi connectivity index (χ2v) is 4.08. The van der Waals surface area contributed by atoms with Crippen molar-refractivity contribution in [3.05, 3.63) is 47.3 Å². The van der Waals surface area contributed by atoms with Crippen LogP contribution in [0.1, 0.15) is 21.6 Å². The molecule has 2 aromatic rings. The van der Waals surface area contributed by atoms with E-state index in [1.807, 2.05) is 26.1 Å². The molecule has 0 bridgehead atoms. The van der Waals surface area contributed by atoms with Crippen LogP contribution in [0.2, 0.25) is 0 Å². The lowest BCUT2D eigenvalue weighted by atomic mass is 10.1. The van der Waals surface area contributed by atoms with Gasteiger partial charge in [-0.25, -0.2) is 4.79 Å². The number of rotatable bonds is 4. The van der Waals surface area contributed by atoms with E-state index in [0.717, 1.165) is 16.9 Å². The summed E-state index contributed by atoms with van der Waals surface area (Å²) in [6.45, 7) is 2.42. The van der Waals surface area contributed by atoms with Gasteiger partial charge in [0.25, 0.3) is 0 Å². The first-order valence-corrected chi connectivity index (χ1v) is 5.63. The average Bonchev–Trinajstić information content (AvgIpc) is 2.68. The van der Waals surface area contributed by atoms with Crippen LogP contribution in [-0.4, -0.2) is 20.9 Å². The van der Waals surface area contributed by atoms with Crippen molar-refractivity contribution >= 4 is 24.1 Å². The molecule has 0 atom stereocenters. The molecule has 0 unspecified atom stereocenters. The Labute approximate surface area is 117 Å². The normalized spacial score (nSPS) is 9.79. The van der Waals surface area contributed by atoms with Crippen LogP contribution in [0.15, 0.2) is 30.5 Å². The molecule has 0 aliphatic heterocycles. The molecule has 1 aromatic carbocycles. The molecule has 19 heavy (non-hydrogen) atoms. The molecule has 0 saturated carbocycles. The average molecular weight is 282 g/mol. The van der Waals surface area contributed by atoms with Crippen molar-refractivity contribution in [2.75, 3.05) is 5.32 Å². The minimum absolute atomic E-state index is 0. The van der Waals surface area contributed by atoms with Crippen molar-refractivity contribution in [2.24, 2.45) is 7.05 Å². The number of aromatic nitrogens is 2. The largest absolute Gasteiger partial charge is 0.478 e. The molecule has 0 aliphatic rings. The van der Waals surface area contributed by atoms with Crippen molar-refractivity contribution in [1.29, 1.82) is 0 Å². The van der Waals surface area contributed by atoms with Crippen LogP contribution in [0, 0.1) is 6.92 Å². The molecule has 0 aliphatic carbocycles. The number of carboxylic acid groups (broad SMARTS) is 1. The van der Waals surface area contributed by atoms with Gasteiger partial charge in [-0.3, -0.25) is 4.68 Å². The Morgan fingerprint density at radius 3 is 2.68 bits per heavy atom. The Balaban J connectivity index is 0.00000180. The molecule has 0 radical (unpaired) electrons. The first-order valence-electron chi connectivity index (χ1n) is 5.63. The maximum atomic E-state index is 11.1. The Hall–Kier alpha value is -2.01. The van der Waals surface area contributed by atoms with Crippen LogP contribution in [0.3, 0.4) is 0 Å². The van der Waals surface area contributed by atoms with Crippen molar-refractivity contribution in [3.63, 3.8) is 0 Å². The molecule has 5 nitrogen and oxygen atoms in total. The summed E-state index contributed by atoms with van der Waals surface area (Å²) < 4.78 is 1.77. The molecule has 0 fully saturated rings. The molecule has 2 rings (SSSR count). The molecule has 102 valence electrons. The summed E-state index contributed by atoms with van der Waals surface area (Å²) in [5, 5.41) is 16.4. The highest BCUT2D eigenvalue weighted by Gasteiger charge is 2.09. The molecular formula is C13H16ClN3O2. The number of carbonyl (C=O) groups is 1. The molecule has 0 saturated heterocycles. The number of benzene rings is 1. The van der Waals surface area contributed by atoms with Crippen molar-refractivity contribution < 1.29 is 9.90 Å². The van der Waals surface area contributed by atoms with Crippen LogP contribution >= 0.6 is 12.4 Å². The van der Waals surface area contributed by atoms with E-state index >= 15 is 0 Å². The molecule has 1 aromatic heterocycles. The summed E-state index contributed by atoms with van der Waals surface area (Å²) in [4.78, 5) is 11.1. The minimum Gasteiger partial charge on any atom is -0.478 e. The highest BCUT2D eigenvalue weighted by Crippen LogP contribution is 2.15. The fourth-order valence-electron chi connectivity index (χ4n) is 1.75. The predicted octanol–water partition coefficient (Wildman–Crippen LogP) is 2.46. The third kappa shape index (κ3) is 3.26. The predicted molar refractivity (Wildman–Crippen MR) is 75.9 cm³/mol. The Morgan fingerprint density at radius 2 is 2.11 bits per heavy atom. The number of nitrogens with one attached hydrogen (secondary N) is 1. The van der Waals surface area contributed by atoms with Gasteiger partial charge in [0.15, 0.2) is 0 Å². The summed E-state index contributed by atoms with van der Waals surface area (Å²) in [5.74, 6) is -0.907. The summed E-state index contributed by atoms with van der Waals surface area (Å²) in [6.07, 6.45) is 1.73. The van der Waals surface area contributed by atoms with E-state index in [-0.39, 0.29) is 12.4 Å². The van der Waals surface area contributed by atoms with Crippen molar-refractivity contribution in [1.82, 2.24) is 9.78 Å². The van der Waals surface area contributed by atoms with Gasteiger partial charge in [-0.2, -0.15) is 5.10 Å². The fraction of sp³-hybridized carbons (Fsp3) is 0.231. The third-order valence-corrected chi connectivity index (χ3v) is 2.95. The van der Waals surface area contributed by atoms with Gasteiger partial charge in [0, 0.05) is 13.6 Å². The van der Waals surface area contributed by atoms with E-state index in [1.165, 1.54) is 0 Å². The lowest BCUT2D eigenvalue weighted by Crippen LogP contribution is -2.07. The number of aryl methyl sites for hydroxylation is 1. The van der Waals surface area contributed by atoms with Gasteiger partial charge in [0.1, 0.15) is 0 Å². The van der Waals surface area contributed by atoms with E-state index in [2.05, 4.69) is 10.4 Å². The molecule has 0 spiro atoms. The van der Waals surface area contributed by atoms with Gasteiger partial charge in [-0.15, -0.1) is 12.4 Å². The van der Waals surface area contributed by atoms with Gasteiger partial charge in [-0.05, 0) is 18.6 Å². The summed E-state index contributed by atoms with van der Waals surface area (Å²) in [7, 11) is 1.87. The van der Waals surface area contributed by atoms with E-state index in [9.17, 15) is 4.79 Å². The van der Waals surface area contributed by atoms with E-state index < -0.39 is 5.97 Å². The maximum Gasteiger partial charge on any atom is 0.336 e. The Bertz CT molecular complexity index is 581. The van der Waals surface area contributed by atoms with Gasteiger partial charge in [-0.1, -0.05) is 18.2 Å². The quantitative estimate of drug-likeness (QED) is 0.903. The zero-order valence-electron chi connectivity index (χ0n) is 10.8. The molecule has 0 amide bonds. The lowest BCUT2D eigenvalue weighted by molar-refractivity contribution is 0.0696. The molecule has 1 heterocycles. The molecule has 6 heteroatoms. The number of hydrogen-bond donors (Lipinski definition) is 2. The lowest BCUT2D eigenvalue weighted by Gasteiger charge is -2.08. The van der Waals surface area contributed by atoms with E-state index in [0.29, 0.717) is 12.1 Å². The molecular weight excluding hydrogens is 266 g/mol. The number of anilines is 1. The number of nitrogens with zero attached hydrogens (tertiary/aromatic N) is 2. The van der Waals surface area contributed by atoms with E-state index in [1.54, 1.807) is 23.0 Å². The fourth-order valence-corrected chi connectivity index (χ4v) is 1.75. The van der Waals surface area contributed by atoms with Crippen LogP contribution in [0.4, 0.5) is 5.69 Å². The second-order valence-electron chi connectivity index (χ2n) is 4.08.